The highest BCUT2D eigenvalue weighted by Gasteiger charge is 2.29. The summed E-state index contributed by atoms with van der Waals surface area (Å²) in [5, 5.41) is 2.91. The molecule has 36 heavy (non-hydrogen) atoms. The first kappa shape index (κ1) is 23.6. The quantitative estimate of drug-likeness (QED) is 0.547. The van der Waals surface area contributed by atoms with Gasteiger partial charge < -0.3 is 19.7 Å². The third kappa shape index (κ3) is 4.92. The number of piperazine rings is 1. The molecule has 3 fully saturated rings. The zero-order chi connectivity index (χ0) is 24.5. The molecule has 3 aliphatic rings. The summed E-state index contributed by atoms with van der Waals surface area (Å²) in [7, 11) is 0. The van der Waals surface area contributed by atoms with Crippen molar-refractivity contribution in [2.45, 2.75) is 38.3 Å². The molecule has 3 aliphatic heterocycles. The van der Waals surface area contributed by atoms with Crippen LogP contribution in [0, 0.1) is 5.92 Å². The number of nitrogens with zero attached hydrogens (tertiary/aromatic N) is 4. The summed E-state index contributed by atoms with van der Waals surface area (Å²) in [4.78, 5) is 26.1. The molecule has 8 nitrogen and oxygen atoms in total. The zero-order valence-corrected chi connectivity index (χ0v) is 21.5. The second-order valence-corrected chi connectivity index (χ2v) is 10.9. The van der Waals surface area contributed by atoms with E-state index in [2.05, 4.69) is 44.4 Å². The standard InChI is InChI=1S/C27H33N5O3S/c1-18(20-14-26(33)29-15-20)35-25-13-19(12-24-27(25)36-17-30-24)23-3-2-22(16-28-23)32-8-6-31(7-9-32)21-4-10-34-11-5-21/h2-3,12-13,16-18,20-21H,4-11,14-15H2,1H3,(H,29,33)/t18?,20-/m1/s1. The van der Waals surface area contributed by atoms with Crippen molar-refractivity contribution in [2.24, 2.45) is 5.92 Å². The highest BCUT2D eigenvalue weighted by molar-refractivity contribution is 7.17. The van der Waals surface area contributed by atoms with Crippen molar-refractivity contribution in [3.63, 3.8) is 0 Å². The van der Waals surface area contributed by atoms with Crippen LogP contribution in [0.2, 0.25) is 0 Å². The van der Waals surface area contributed by atoms with Crippen molar-refractivity contribution >= 4 is 33.1 Å². The Hall–Kier alpha value is -2.75. The largest absolute Gasteiger partial charge is 0.489 e. The van der Waals surface area contributed by atoms with E-state index < -0.39 is 0 Å². The predicted octanol–water partition coefficient (Wildman–Crippen LogP) is 3.56. The third-order valence-corrected chi connectivity index (χ3v) is 8.67. The summed E-state index contributed by atoms with van der Waals surface area (Å²) in [6.07, 6.45) is 4.74. The monoisotopic (exact) mass is 507 g/mol. The second kappa shape index (κ2) is 10.3. The van der Waals surface area contributed by atoms with Gasteiger partial charge in [0.1, 0.15) is 11.9 Å². The summed E-state index contributed by atoms with van der Waals surface area (Å²) < 4.78 is 12.9. The average molecular weight is 508 g/mol. The summed E-state index contributed by atoms with van der Waals surface area (Å²) in [6, 6.07) is 9.10. The molecular formula is C27H33N5O3S. The van der Waals surface area contributed by atoms with E-state index in [0.29, 0.717) is 19.0 Å². The number of thiazole rings is 1. The Morgan fingerprint density at radius 2 is 1.97 bits per heavy atom. The van der Waals surface area contributed by atoms with Crippen LogP contribution in [-0.2, 0) is 9.53 Å². The van der Waals surface area contributed by atoms with Crippen LogP contribution in [0.3, 0.4) is 0 Å². The SMILES string of the molecule is CC(Oc1cc(-c2ccc(N3CCN(C4CCOCC4)CC3)cn2)cc2ncsc12)[C@H]1CNC(=O)C1. The number of nitrogens with one attached hydrogen (secondary N) is 1. The van der Waals surface area contributed by atoms with Crippen LogP contribution in [0.1, 0.15) is 26.2 Å². The number of hydrogen-bond acceptors (Lipinski definition) is 8. The van der Waals surface area contributed by atoms with E-state index in [1.807, 2.05) is 18.6 Å². The van der Waals surface area contributed by atoms with Gasteiger partial charge in [0.25, 0.3) is 0 Å². The number of carbonyl (C=O) groups is 1. The van der Waals surface area contributed by atoms with Gasteiger partial charge in [-0.25, -0.2) is 4.98 Å². The van der Waals surface area contributed by atoms with E-state index in [-0.39, 0.29) is 17.9 Å². The van der Waals surface area contributed by atoms with Crippen LogP contribution < -0.4 is 15.0 Å². The number of ether oxygens (including phenoxy) is 2. The molecule has 3 aromatic rings. The van der Waals surface area contributed by atoms with Crippen LogP contribution >= 0.6 is 11.3 Å². The third-order valence-electron chi connectivity index (χ3n) is 7.81. The van der Waals surface area contributed by atoms with Crippen molar-refractivity contribution in [1.82, 2.24) is 20.2 Å². The molecule has 2 atom stereocenters. The fourth-order valence-electron chi connectivity index (χ4n) is 5.57. The zero-order valence-electron chi connectivity index (χ0n) is 20.7. The fraction of sp³-hybridized carbons (Fsp3) is 0.519. The lowest BCUT2D eigenvalue weighted by Crippen LogP contribution is -2.51. The summed E-state index contributed by atoms with van der Waals surface area (Å²) in [5.41, 5.74) is 5.83. The molecular weight excluding hydrogens is 474 g/mol. The number of aromatic nitrogens is 2. The van der Waals surface area contributed by atoms with Crippen molar-refractivity contribution in [1.29, 1.82) is 0 Å². The lowest BCUT2D eigenvalue weighted by molar-refractivity contribution is -0.119. The number of fused-ring (bicyclic) bond motifs is 1. The number of rotatable bonds is 6. The average Bonchev–Trinajstić information content (AvgIpc) is 3.59. The van der Waals surface area contributed by atoms with Gasteiger partial charge in [-0.05, 0) is 44.0 Å². The first-order chi connectivity index (χ1) is 17.6. The molecule has 1 unspecified atom stereocenters. The predicted molar refractivity (Wildman–Crippen MR) is 142 cm³/mol. The minimum atomic E-state index is -0.0698. The minimum Gasteiger partial charge on any atom is -0.489 e. The highest BCUT2D eigenvalue weighted by atomic mass is 32.1. The minimum absolute atomic E-state index is 0.0698. The molecule has 9 heteroatoms. The number of carbonyl (C=O) groups excluding carboxylic acids is 1. The van der Waals surface area contributed by atoms with Crippen molar-refractivity contribution < 1.29 is 14.3 Å². The van der Waals surface area contributed by atoms with Gasteiger partial charge >= 0.3 is 0 Å². The molecule has 5 heterocycles. The normalized spacial score (nSPS) is 22.6. The van der Waals surface area contributed by atoms with Crippen LogP contribution in [0.25, 0.3) is 21.5 Å². The Labute approximate surface area is 215 Å². The first-order valence-corrected chi connectivity index (χ1v) is 13.9. The Morgan fingerprint density at radius 1 is 1.14 bits per heavy atom. The fourth-order valence-corrected chi connectivity index (χ4v) is 6.30. The second-order valence-electron chi connectivity index (χ2n) is 10.0. The Kier molecular flexibility index (Phi) is 6.77. The Morgan fingerprint density at radius 3 is 2.69 bits per heavy atom. The molecule has 1 amide bonds. The van der Waals surface area contributed by atoms with E-state index >= 15 is 0 Å². The molecule has 0 bridgehead atoms. The van der Waals surface area contributed by atoms with Crippen LogP contribution in [-0.4, -0.2) is 78.9 Å². The number of amides is 1. The number of benzene rings is 1. The lowest BCUT2D eigenvalue weighted by atomic mass is 10.0. The molecule has 0 radical (unpaired) electrons. The molecule has 2 aromatic heterocycles. The van der Waals surface area contributed by atoms with Crippen LogP contribution in [0.4, 0.5) is 5.69 Å². The number of hydrogen-bond donors (Lipinski definition) is 1. The van der Waals surface area contributed by atoms with Crippen molar-refractivity contribution in [3.8, 4) is 17.0 Å². The van der Waals surface area contributed by atoms with E-state index in [1.165, 1.54) is 5.69 Å². The molecule has 0 aliphatic carbocycles. The van der Waals surface area contributed by atoms with Gasteiger partial charge in [-0.1, -0.05) is 0 Å². The maximum absolute atomic E-state index is 11.7. The molecule has 3 saturated heterocycles. The van der Waals surface area contributed by atoms with E-state index in [1.54, 1.807) is 11.3 Å². The van der Waals surface area contributed by atoms with E-state index in [0.717, 1.165) is 79.5 Å². The maximum Gasteiger partial charge on any atom is 0.220 e. The van der Waals surface area contributed by atoms with Gasteiger partial charge in [0.2, 0.25) is 5.91 Å². The van der Waals surface area contributed by atoms with Gasteiger partial charge in [0, 0.05) is 69.9 Å². The highest BCUT2D eigenvalue weighted by Crippen LogP contribution is 2.36. The van der Waals surface area contributed by atoms with Gasteiger partial charge in [-0.15, -0.1) is 11.3 Å². The van der Waals surface area contributed by atoms with Crippen molar-refractivity contribution in [2.75, 3.05) is 50.8 Å². The smallest absolute Gasteiger partial charge is 0.220 e. The molecule has 0 spiro atoms. The maximum atomic E-state index is 11.7. The van der Waals surface area contributed by atoms with E-state index in [9.17, 15) is 4.79 Å². The van der Waals surface area contributed by atoms with Crippen LogP contribution in [0.15, 0.2) is 36.0 Å². The van der Waals surface area contributed by atoms with E-state index in [4.69, 9.17) is 14.5 Å². The first-order valence-electron chi connectivity index (χ1n) is 13.0. The topological polar surface area (TPSA) is 79.8 Å². The molecule has 1 aromatic carbocycles. The van der Waals surface area contributed by atoms with Gasteiger partial charge in [0.15, 0.2) is 0 Å². The number of pyridine rings is 1. The number of anilines is 1. The summed E-state index contributed by atoms with van der Waals surface area (Å²) in [6.45, 7) is 8.73. The van der Waals surface area contributed by atoms with Crippen molar-refractivity contribution in [3.05, 3.63) is 36.0 Å². The summed E-state index contributed by atoms with van der Waals surface area (Å²) >= 11 is 1.58. The van der Waals surface area contributed by atoms with Gasteiger partial charge in [0.05, 0.1) is 33.3 Å². The molecule has 6 rings (SSSR count). The van der Waals surface area contributed by atoms with Gasteiger partial charge in [-0.3, -0.25) is 14.7 Å². The summed E-state index contributed by atoms with van der Waals surface area (Å²) in [5.74, 6) is 1.09. The lowest BCUT2D eigenvalue weighted by Gasteiger charge is -2.41. The molecule has 1 N–H and O–H groups in total. The Bertz CT molecular complexity index is 1200. The van der Waals surface area contributed by atoms with Gasteiger partial charge in [-0.2, -0.15) is 0 Å². The van der Waals surface area contributed by atoms with Crippen LogP contribution in [0.5, 0.6) is 5.75 Å². The molecule has 190 valence electrons. The molecule has 0 saturated carbocycles. The Balaban J connectivity index is 1.15.